The van der Waals surface area contributed by atoms with Crippen molar-refractivity contribution in [1.29, 1.82) is 0 Å². The summed E-state index contributed by atoms with van der Waals surface area (Å²) < 4.78 is 4.99. The summed E-state index contributed by atoms with van der Waals surface area (Å²) >= 11 is 0. The Morgan fingerprint density at radius 1 is 1.35 bits per heavy atom. The molecule has 0 saturated heterocycles. The maximum Gasteiger partial charge on any atom is 0.289 e. The summed E-state index contributed by atoms with van der Waals surface area (Å²) in [5.41, 5.74) is 1.01. The molecular formula is C14H15N3O3. The fraction of sp³-hybridized carbons (Fsp3) is 0.214. The van der Waals surface area contributed by atoms with Crippen molar-refractivity contribution in [2.45, 2.75) is 6.92 Å². The van der Waals surface area contributed by atoms with Crippen molar-refractivity contribution in [3.8, 4) is 0 Å². The van der Waals surface area contributed by atoms with Crippen molar-refractivity contribution in [2.24, 2.45) is 0 Å². The molecule has 0 saturated carbocycles. The summed E-state index contributed by atoms with van der Waals surface area (Å²) in [5, 5.41) is 2.63. The first-order chi connectivity index (χ1) is 9.56. The van der Waals surface area contributed by atoms with Crippen molar-refractivity contribution >= 4 is 17.6 Å². The fourth-order valence-electron chi connectivity index (χ4n) is 1.60. The molecule has 2 amide bonds. The van der Waals surface area contributed by atoms with Crippen LogP contribution >= 0.6 is 0 Å². The number of hydrogen-bond donors (Lipinski definition) is 1. The molecule has 2 rings (SSSR count). The van der Waals surface area contributed by atoms with Crippen molar-refractivity contribution in [1.82, 2.24) is 9.88 Å². The molecule has 0 bridgehead atoms. The molecule has 2 heterocycles. The summed E-state index contributed by atoms with van der Waals surface area (Å²) in [6, 6.07) is 6.73. The third-order valence-electron chi connectivity index (χ3n) is 2.64. The number of hydrogen-bond acceptors (Lipinski definition) is 4. The number of carbonyl (C=O) groups excluding carboxylic acids is 2. The van der Waals surface area contributed by atoms with Crippen LogP contribution in [-0.4, -0.2) is 35.3 Å². The lowest BCUT2D eigenvalue weighted by Crippen LogP contribution is -2.34. The molecule has 0 fully saturated rings. The second kappa shape index (κ2) is 6.01. The Labute approximate surface area is 116 Å². The number of carbonyl (C=O) groups is 2. The number of furan rings is 1. The number of likely N-dealkylation sites (N-methyl/N-ethyl adjacent to an activating group) is 1. The van der Waals surface area contributed by atoms with Gasteiger partial charge in [0.25, 0.3) is 5.91 Å². The Hall–Kier alpha value is -2.63. The summed E-state index contributed by atoms with van der Waals surface area (Å²) in [4.78, 5) is 29.0. The van der Waals surface area contributed by atoms with Gasteiger partial charge >= 0.3 is 0 Å². The van der Waals surface area contributed by atoms with Gasteiger partial charge in [0.2, 0.25) is 5.91 Å². The molecular weight excluding hydrogens is 258 g/mol. The van der Waals surface area contributed by atoms with Crippen LogP contribution in [0.4, 0.5) is 5.82 Å². The van der Waals surface area contributed by atoms with Gasteiger partial charge in [-0.05, 0) is 30.7 Å². The van der Waals surface area contributed by atoms with Crippen molar-refractivity contribution in [3.63, 3.8) is 0 Å². The van der Waals surface area contributed by atoms with Gasteiger partial charge in [0.15, 0.2) is 5.76 Å². The lowest BCUT2D eigenvalue weighted by atomic mass is 10.3. The summed E-state index contributed by atoms with van der Waals surface area (Å²) in [7, 11) is 1.53. The van der Waals surface area contributed by atoms with Crippen LogP contribution in [0.1, 0.15) is 16.1 Å². The molecule has 0 atom stereocenters. The van der Waals surface area contributed by atoms with Gasteiger partial charge in [-0.15, -0.1) is 0 Å². The molecule has 104 valence electrons. The predicted octanol–water partition coefficient (Wildman–Crippen LogP) is 1.69. The second-order valence-corrected chi connectivity index (χ2v) is 4.41. The molecule has 2 aromatic heterocycles. The van der Waals surface area contributed by atoms with Gasteiger partial charge < -0.3 is 14.6 Å². The van der Waals surface area contributed by atoms with Gasteiger partial charge in [0.1, 0.15) is 12.4 Å². The third-order valence-corrected chi connectivity index (χ3v) is 2.64. The Morgan fingerprint density at radius 2 is 2.15 bits per heavy atom. The van der Waals surface area contributed by atoms with E-state index in [0.717, 1.165) is 5.56 Å². The Morgan fingerprint density at radius 3 is 2.75 bits per heavy atom. The number of anilines is 1. The molecule has 6 nitrogen and oxygen atoms in total. The Balaban J connectivity index is 1.91. The molecule has 0 radical (unpaired) electrons. The van der Waals surface area contributed by atoms with Gasteiger partial charge in [0, 0.05) is 13.2 Å². The normalized spacial score (nSPS) is 10.1. The molecule has 1 N–H and O–H groups in total. The van der Waals surface area contributed by atoms with Crippen LogP contribution in [0.5, 0.6) is 0 Å². The van der Waals surface area contributed by atoms with Crippen molar-refractivity contribution < 1.29 is 14.0 Å². The van der Waals surface area contributed by atoms with E-state index >= 15 is 0 Å². The molecule has 0 aliphatic heterocycles. The maximum absolute atomic E-state index is 11.9. The molecule has 6 heteroatoms. The first-order valence-corrected chi connectivity index (χ1v) is 6.08. The summed E-state index contributed by atoms with van der Waals surface area (Å²) in [6.45, 7) is 1.84. The van der Waals surface area contributed by atoms with E-state index in [9.17, 15) is 9.59 Å². The van der Waals surface area contributed by atoms with Crippen LogP contribution in [0.3, 0.4) is 0 Å². The summed E-state index contributed by atoms with van der Waals surface area (Å²) in [6.07, 6.45) is 3.07. The number of nitrogens with one attached hydrogen (secondary N) is 1. The zero-order chi connectivity index (χ0) is 14.5. The van der Waals surface area contributed by atoms with E-state index < -0.39 is 0 Å². The highest BCUT2D eigenvalue weighted by atomic mass is 16.3. The van der Waals surface area contributed by atoms with Crippen molar-refractivity contribution in [3.05, 3.63) is 48.0 Å². The van der Waals surface area contributed by atoms with Gasteiger partial charge in [-0.25, -0.2) is 4.98 Å². The molecule has 0 aliphatic carbocycles. The SMILES string of the molecule is Cc1ccc(NC(=O)CN(C)C(=O)c2ccco2)nc1. The predicted molar refractivity (Wildman–Crippen MR) is 73.3 cm³/mol. The largest absolute Gasteiger partial charge is 0.459 e. The zero-order valence-corrected chi connectivity index (χ0v) is 11.3. The standard InChI is InChI=1S/C14H15N3O3/c1-10-5-6-12(15-8-10)16-13(18)9-17(2)14(19)11-4-3-7-20-11/h3-8H,9H2,1-2H3,(H,15,16,18). The first-order valence-electron chi connectivity index (χ1n) is 6.08. The van der Waals surface area contributed by atoms with E-state index in [-0.39, 0.29) is 24.1 Å². The monoisotopic (exact) mass is 273 g/mol. The van der Waals surface area contributed by atoms with Gasteiger partial charge in [-0.1, -0.05) is 6.07 Å². The number of nitrogens with zero attached hydrogens (tertiary/aromatic N) is 2. The third kappa shape index (κ3) is 3.44. The molecule has 20 heavy (non-hydrogen) atoms. The number of rotatable bonds is 4. The first kappa shape index (κ1) is 13.8. The highest BCUT2D eigenvalue weighted by Gasteiger charge is 2.17. The van der Waals surface area contributed by atoms with Gasteiger partial charge in [0.05, 0.1) is 6.26 Å². The lowest BCUT2D eigenvalue weighted by Gasteiger charge is -2.15. The molecule has 0 unspecified atom stereocenters. The highest BCUT2D eigenvalue weighted by molar-refractivity contribution is 5.97. The molecule has 0 spiro atoms. The van der Waals surface area contributed by atoms with E-state index in [2.05, 4.69) is 10.3 Å². The van der Waals surface area contributed by atoms with Crippen molar-refractivity contribution in [2.75, 3.05) is 18.9 Å². The smallest absolute Gasteiger partial charge is 0.289 e. The van der Waals surface area contributed by atoms with Crippen LogP contribution in [-0.2, 0) is 4.79 Å². The van der Waals surface area contributed by atoms with Crippen LogP contribution in [0, 0.1) is 6.92 Å². The molecule has 0 aliphatic rings. The minimum atomic E-state index is -0.345. The van der Waals surface area contributed by atoms with Crippen LogP contribution in [0.25, 0.3) is 0 Å². The van der Waals surface area contributed by atoms with Crippen LogP contribution in [0.15, 0.2) is 41.1 Å². The van der Waals surface area contributed by atoms with Crippen LogP contribution < -0.4 is 5.32 Å². The quantitative estimate of drug-likeness (QED) is 0.919. The second-order valence-electron chi connectivity index (χ2n) is 4.41. The van der Waals surface area contributed by atoms with E-state index in [4.69, 9.17) is 4.42 Å². The summed E-state index contributed by atoms with van der Waals surface area (Å²) in [5.74, 6) is -0.000942. The zero-order valence-electron chi connectivity index (χ0n) is 11.3. The number of aryl methyl sites for hydroxylation is 1. The number of aromatic nitrogens is 1. The van der Waals surface area contributed by atoms with E-state index in [1.807, 2.05) is 13.0 Å². The van der Waals surface area contributed by atoms with E-state index in [1.165, 1.54) is 18.2 Å². The molecule has 2 aromatic rings. The molecule has 0 aromatic carbocycles. The van der Waals surface area contributed by atoms with Gasteiger partial charge in [-0.2, -0.15) is 0 Å². The lowest BCUT2D eigenvalue weighted by molar-refractivity contribution is -0.116. The van der Waals surface area contributed by atoms with E-state index in [0.29, 0.717) is 5.82 Å². The topological polar surface area (TPSA) is 75.4 Å². The van der Waals surface area contributed by atoms with Gasteiger partial charge in [-0.3, -0.25) is 9.59 Å². The average molecular weight is 273 g/mol. The minimum Gasteiger partial charge on any atom is -0.459 e. The van der Waals surface area contributed by atoms with E-state index in [1.54, 1.807) is 24.4 Å². The Bertz CT molecular complexity index is 591. The number of pyridine rings is 1. The average Bonchev–Trinajstić information content (AvgIpc) is 2.94. The highest BCUT2D eigenvalue weighted by Crippen LogP contribution is 2.06. The van der Waals surface area contributed by atoms with Crippen LogP contribution in [0.2, 0.25) is 0 Å². The fourth-order valence-corrected chi connectivity index (χ4v) is 1.60. The minimum absolute atomic E-state index is 0.0743. The Kier molecular flexibility index (Phi) is 4.14. The maximum atomic E-state index is 11.9. The number of amides is 2.